The first-order chi connectivity index (χ1) is 11.5. The third-order valence-corrected chi connectivity index (χ3v) is 4.41. The smallest absolute Gasteiger partial charge is 0.198 e. The number of nitrogens with one attached hydrogen (secondary N) is 1. The molecule has 1 aliphatic heterocycles. The minimum Gasteiger partial charge on any atom is -0.466 e. The molecule has 0 spiro atoms. The van der Waals surface area contributed by atoms with E-state index in [0.717, 1.165) is 41.1 Å². The monoisotopic (exact) mass is 344 g/mol. The third-order valence-electron chi connectivity index (χ3n) is 3.97. The Kier molecular flexibility index (Phi) is 4.81. The van der Waals surface area contributed by atoms with E-state index in [2.05, 4.69) is 11.6 Å². The molecule has 1 aliphatic rings. The zero-order valence-electron chi connectivity index (χ0n) is 14.1. The number of anilines is 1. The lowest BCUT2D eigenvalue weighted by molar-refractivity contribution is 0.0840. The predicted molar refractivity (Wildman–Crippen MR) is 99.6 cm³/mol. The Balaban J connectivity index is 2.10. The topological polar surface area (TPSA) is 33.6 Å². The fraction of sp³-hybridized carbons (Fsp3) is 0.316. The van der Waals surface area contributed by atoms with E-state index in [-0.39, 0.29) is 5.82 Å². The summed E-state index contributed by atoms with van der Waals surface area (Å²) in [6.45, 7) is 4.11. The molecular formula is C19H21FN2OS. The van der Waals surface area contributed by atoms with Gasteiger partial charge < -0.3 is 9.46 Å². The Hall–Kier alpha value is -2.01. The molecule has 2 aromatic rings. The number of halogens is 1. The van der Waals surface area contributed by atoms with Crippen molar-refractivity contribution in [3.63, 3.8) is 0 Å². The first-order valence-electron chi connectivity index (χ1n) is 8.03. The highest BCUT2D eigenvalue weighted by Crippen LogP contribution is 2.37. The second kappa shape index (κ2) is 6.85. The van der Waals surface area contributed by atoms with Crippen molar-refractivity contribution < 1.29 is 9.13 Å². The van der Waals surface area contributed by atoms with Crippen LogP contribution in [0.15, 0.2) is 47.5 Å². The fourth-order valence-electron chi connectivity index (χ4n) is 2.94. The van der Waals surface area contributed by atoms with Gasteiger partial charge in [-0.05, 0) is 43.3 Å². The van der Waals surface area contributed by atoms with Crippen LogP contribution in [0, 0.1) is 5.82 Å². The van der Waals surface area contributed by atoms with Gasteiger partial charge in [-0.25, -0.2) is 9.38 Å². The molecule has 0 saturated carbocycles. The van der Waals surface area contributed by atoms with Crippen LogP contribution in [-0.4, -0.2) is 17.7 Å². The Bertz CT molecular complexity index is 760. The quantitative estimate of drug-likeness (QED) is 0.751. The molecule has 3 nitrogen and oxygen atoms in total. The minimum absolute atomic E-state index is 0.248. The predicted octanol–water partition coefficient (Wildman–Crippen LogP) is 5.26. The summed E-state index contributed by atoms with van der Waals surface area (Å²) in [6.07, 6.45) is 3.76. The summed E-state index contributed by atoms with van der Waals surface area (Å²) in [5.41, 5.74) is 3.06. The van der Waals surface area contributed by atoms with Gasteiger partial charge in [-0.15, -0.1) is 0 Å². The molecule has 0 bridgehead atoms. The Labute approximate surface area is 146 Å². The van der Waals surface area contributed by atoms with Crippen LogP contribution in [0.4, 0.5) is 10.1 Å². The first kappa shape index (κ1) is 16.8. The molecule has 3 rings (SSSR count). The van der Waals surface area contributed by atoms with E-state index in [1.165, 1.54) is 24.1 Å². The van der Waals surface area contributed by atoms with Crippen molar-refractivity contribution in [2.75, 3.05) is 11.0 Å². The van der Waals surface area contributed by atoms with Gasteiger partial charge in [0.05, 0.1) is 5.71 Å². The van der Waals surface area contributed by atoms with Crippen LogP contribution in [0.5, 0.6) is 5.75 Å². The van der Waals surface area contributed by atoms with E-state index in [1.807, 2.05) is 31.4 Å². The zero-order valence-corrected chi connectivity index (χ0v) is 14.9. The third kappa shape index (κ3) is 3.41. The maximum atomic E-state index is 13.3. The molecule has 0 saturated heterocycles. The number of hydrogen-bond donors (Lipinski definition) is 1. The lowest BCUT2D eigenvalue weighted by Crippen LogP contribution is -2.35. The number of nitrogens with zero attached hydrogens (tertiary/aromatic N) is 1. The molecule has 0 aromatic heterocycles. The molecule has 24 heavy (non-hydrogen) atoms. The number of aliphatic imine (C=N–C) groups is 1. The first-order valence-corrected chi connectivity index (χ1v) is 9.25. The van der Waals surface area contributed by atoms with Crippen LogP contribution < -0.4 is 9.46 Å². The number of fused-ring (bicyclic) bond motifs is 1. The highest BCUT2D eigenvalue weighted by Gasteiger charge is 2.32. The second-order valence-corrected chi connectivity index (χ2v) is 6.62. The van der Waals surface area contributed by atoms with E-state index < -0.39 is 5.72 Å². The molecule has 1 heterocycles. The van der Waals surface area contributed by atoms with E-state index in [0.29, 0.717) is 0 Å². The van der Waals surface area contributed by atoms with Gasteiger partial charge in [-0.3, -0.25) is 0 Å². The summed E-state index contributed by atoms with van der Waals surface area (Å²) >= 11 is 1.54. The molecule has 1 N–H and O–H groups in total. The van der Waals surface area contributed by atoms with Crippen molar-refractivity contribution in [3.8, 4) is 5.75 Å². The zero-order chi connectivity index (χ0) is 17.2. The summed E-state index contributed by atoms with van der Waals surface area (Å²) in [5.74, 6) is 0.557. The minimum atomic E-state index is -0.608. The highest BCUT2D eigenvalue weighted by atomic mass is 32.2. The molecule has 2 aromatic carbocycles. The summed E-state index contributed by atoms with van der Waals surface area (Å²) in [7, 11) is 0. The summed E-state index contributed by atoms with van der Waals surface area (Å²) in [5, 5.41) is 0. The van der Waals surface area contributed by atoms with Gasteiger partial charge in [0.15, 0.2) is 5.72 Å². The molecule has 0 radical (unpaired) electrons. The Morgan fingerprint density at radius 3 is 2.62 bits per heavy atom. The van der Waals surface area contributed by atoms with Crippen LogP contribution in [0.3, 0.4) is 0 Å². The SMILES string of the molecule is CCCC1(C)N=C(c2ccc(F)cc2)c2ccc(NSC)cc2O1. The maximum Gasteiger partial charge on any atom is 0.198 e. The molecule has 1 unspecified atom stereocenters. The fourth-order valence-corrected chi connectivity index (χ4v) is 3.30. The largest absolute Gasteiger partial charge is 0.466 e. The molecule has 1 atom stereocenters. The van der Waals surface area contributed by atoms with Crippen LogP contribution in [0.25, 0.3) is 0 Å². The molecule has 0 aliphatic carbocycles. The number of benzene rings is 2. The number of ether oxygens (including phenoxy) is 1. The van der Waals surface area contributed by atoms with Gasteiger partial charge in [-0.2, -0.15) is 0 Å². The second-order valence-electron chi connectivity index (χ2n) is 6.01. The van der Waals surface area contributed by atoms with Crippen molar-refractivity contribution in [1.29, 1.82) is 0 Å². The highest BCUT2D eigenvalue weighted by molar-refractivity contribution is 7.99. The lowest BCUT2D eigenvalue weighted by atomic mass is 9.97. The van der Waals surface area contributed by atoms with Gasteiger partial charge in [0.2, 0.25) is 0 Å². The van der Waals surface area contributed by atoms with Crippen molar-refractivity contribution >= 4 is 23.3 Å². The van der Waals surface area contributed by atoms with Crippen LogP contribution in [0.2, 0.25) is 0 Å². The van der Waals surface area contributed by atoms with Crippen molar-refractivity contribution in [2.45, 2.75) is 32.4 Å². The summed E-state index contributed by atoms with van der Waals surface area (Å²) < 4.78 is 22.7. The van der Waals surface area contributed by atoms with Crippen LogP contribution in [0.1, 0.15) is 37.8 Å². The molecule has 126 valence electrons. The standard InChI is InChI=1S/C19H21FN2OS/c1-4-11-19(2)21-18(13-5-7-14(20)8-6-13)16-10-9-15(22-24-3)12-17(16)23-19/h5-10,12,22H,4,11H2,1-3H3. The van der Waals surface area contributed by atoms with Gasteiger partial charge >= 0.3 is 0 Å². The molecule has 0 fully saturated rings. The van der Waals surface area contributed by atoms with Crippen molar-refractivity contribution in [2.24, 2.45) is 4.99 Å². The average molecular weight is 344 g/mol. The Morgan fingerprint density at radius 2 is 1.96 bits per heavy atom. The summed E-state index contributed by atoms with van der Waals surface area (Å²) in [4.78, 5) is 4.87. The van der Waals surface area contributed by atoms with E-state index in [4.69, 9.17) is 9.73 Å². The van der Waals surface area contributed by atoms with E-state index in [1.54, 1.807) is 12.1 Å². The van der Waals surface area contributed by atoms with Crippen molar-refractivity contribution in [3.05, 3.63) is 59.4 Å². The lowest BCUT2D eigenvalue weighted by Gasteiger charge is -2.33. The van der Waals surface area contributed by atoms with E-state index in [9.17, 15) is 4.39 Å². The maximum absolute atomic E-state index is 13.3. The van der Waals surface area contributed by atoms with Gasteiger partial charge in [0.25, 0.3) is 0 Å². The number of hydrogen-bond acceptors (Lipinski definition) is 4. The number of rotatable bonds is 5. The van der Waals surface area contributed by atoms with Crippen LogP contribution in [-0.2, 0) is 0 Å². The normalized spacial score (nSPS) is 19.2. The van der Waals surface area contributed by atoms with Crippen molar-refractivity contribution in [1.82, 2.24) is 0 Å². The van der Waals surface area contributed by atoms with Crippen LogP contribution >= 0.6 is 11.9 Å². The molecule has 5 heteroatoms. The summed E-state index contributed by atoms with van der Waals surface area (Å²) in [6, 6.07) is 12.5. The van der Waals surface area contributed by atoms with Gasteiger partial charge in [-0.1, -0.05) is 25.3 Å². The molecular weight excluding hydrogens is 323 g/mol. The van der Waals surface area contributed by atoms with Gasteiger partial charge in [0, 0.05) is 35.6 Å². The average Bonchev–Trinajstić information content (AvgIpc) is 2.55. The Morgan fingerprint density at radius 1 is 1.21 bits per heavy atom. The molecule has 0 amide bonds. The van der Waals surface area contributed by atoms with Gasteiger partial charge in [0.1, 0.15) is 11.6 Å². The van der Waals surface area contributed by atoms with E-state index >= 15 is 0 Å².